The maximum Gasteiger partial charge on any atom is 0.299 e. The molecule has 3 rings (SSSR count). The highest BCUT2D eigenvalue weighted by atomic mass is 16.6. The van der Waals surface area contributed by atoms with E-state index in [-0.39, 0.29) is 17.1 Å². The Morgan fingerprint density at radius 3 is 2.43 bits per heavy atom. The fourth-order valence-corrected chi connectivity index (χ4v) is 2.47. The van der Waals surface area contributed by atoms with E-state index in [0.717, 1.165) is 17.2 Å². The summed E-state index contributed by atoms with van der Waals surface area (Å²) in [5, 5.41) is 25.1. The van der Waals surface area contributed by atoms with Crippen LogP contribution >= 0.6 is 0 Å². The van der Waals surface area contributed by atoms with Gasteiger partial charge in [-0.15, -0.1) is 0 Å². The molecule has 28 heavy (non-hydrogen) atoms. The molecule has 9 heteroatoms. The Bertz CT molecular complexity index is 1070. The highest BCUT2D eigenvalue weighted by Gasteiger charge is 2.19. The molecule has 9 nitrogen and oxygen atoms in total. The average Bonchev–Trinajstić information content (AvgIpc) is 2.69. The normalized spacial score (nSPS) is 10.8. The maximum atomic E-state index is 11.3. The van der Waals surface area contributed by atoms with Gasteiger partial charge in [0.25, 0.3) is 11.4 Å². The van der Waals surface area contributed by atoms with E-state index in [1.165, 1.54) is 12.1 Å². The van der Waals surface area contributed by atoms with Crippen LogP contribution in [0.4, 0.5) is 28.4 Å². The van der Waals surface area contributed by atoms with Crippen LogP contribution < -0.4 is 5.32 Å². The Labute approximate surface area is 159 Å². The summed E-state index contributed by atoms with van der Waals surface area (Å²) in [5.74, 6) is 0. The second-order valence-corrected chi connectivity index (χ2v) is 5.88. The Morgan fingerprint density at radius 1 is 1.00 bits per heavy atom. The van der Waals surface area contributed by atoms with Crippen molar-refractivity contribution < 1.29 is 9.85 Å². The van der Waals surface area contributed by atoms with Gasteiger partial charge in [-0.05, 0) is 48.4 Å². The molecule has 3 aromatic rings. The minimum Gasteiger partial charge on any atom is -0.350 e. The van der Waals surface area contributed by atoms with Gasteiger partial charge in [-0.2, -0.15) is 0 Å². The molecule has 140 valence electrons. The van der Waals surface area contributed by atoms with E-state index < -0.39 is 9.85 Å². The molecule has 0 unspecified atom stereocenters. The van der Waals surface area contributed by atoms with Crippen molar-refractivity contribution in [2.24, 2.45) is 4.99 Å². The zero-order valence-electron chi connectivity index (χ0n) is 14.8. The van der Waals surface area contributed by atoms with Crippen LogP contribution in [0.3, 0.4) is 0 Å². The second kappa shape index (κ2) is 8.04. The number of nitro benzene ring substituents is 2. The van der Waals surface area contributed by atoms with E-state index in [9.17, 15) is 20.2 Å². The van der Waals surface area contributed by atoms with Gasteiger partial charge in [0.05, 0.1) is 21.6 Å². The van der Waals surface area contributed by atoms with Crippen LogP contribution in [0.5, 0.6) is 0 Å². The fraction of sp³-hybridized carbons (Fsp3) is 0.0526. The minimum atomic E-state index is -0.672. The van der Waals surface area contributed by atoms with Crippen LogP contribution in [0.25, 0.3) is 0 Å². The summed E-state index contributed by atoms with van der Waals surface area (Å²) in [6.45, 7) is 1.90. The third-order valence-electron chi connectivity index (χ3n) is 3.94. The van der Waals surface area contributed by atoms with Crippen molar-refractivity contribution in [3.63, 3.8) is 0 Å². The second-order valence-electron chi connectivity index (χ2n) is 5.88. The molecular weight excluding hydrogens is 362 g/mol. The third kappa shape index (κ3) is 4.33. The molecule has 0 fully saturated rings. The summed E-state index contributed by atoms with van der Waals surface area (Å²) in [7, 11) is 0. The number of nitrogens with one attached hydrogen (secondary N) is 1. The maximum absolute atomic E-state index is 11.3. The van der Waals surface area contributed by atoms with Crippen molar-refractivity contribution in [2.45, 2.75) is 6.92 Å². The summed E-state index contributed by atoms with van der Waals surface area (Å²) in [5.41, 5.74) is 2.51. The number of aryl methyl sites for hydroxylation is 1. The monoisotopic (exact) mass is 377 g/mol. The van der Waals surface area contributed by atoms with Gasteiger partial charge >= 0.3 is 0 Å². The van der Waals surface area contributed by atoms with Crippen LogP contribution in [0, 0.1) is 27.2 Å². The fourth-order valence-electron chi connectivity index (χ4n) is 2.47. The first-order chi connectivity index (χ1) is 13.4. The lowest BCUT2D eigenvalue weighted by molar-refractivity contribution is -0.393. The Morgan fingerprint density at radius 2 is 1.75 bits per heavy atom. The number of nitro groups is 2. The highest BCUT2D eigenvalue weighted by Crippen LogP contribution is 2.33. The van der Waals surface area contributed by atoms with Crippen LogP contribution in [0.1, 0.15) is 11.1 Å². The standard InChI is InChI=1S/C19H15N5O4/c1-13-2-3-15(10-18(13)21-12-14-6-8-20-9-7-14)22-17-5-4-16(23(25)26)11-19(17)24(27)28/h2-12,22H,1H3. The first-order valence-corrected chi connectivity index (χ1v) is 8.18. The highest BCUT2D eigenvalue weighted by molar-refractivity contribution is 5.83. The number of aromatic nitrogens is 1. The molecule has 0 amide bonds. The van der Waals surface area contributed by atoms with Crippen molar-refractivity contribution in [1.29, 1.82) is 0 Å². The number of anilines is 2. The molecule has 0 radical (unpaired) electrons. The number of hydrogen-bond acceptors (Lipinski definition) is 7. The summed E-state index contributed by atoms with van der Waals surface area (Å²) in [6.07, 6.45) is 5.03. The van der Waals surface area contributed by atoms with Crippen molar-refractivity contribution >= 4 is 34.7 Å². The number of non-ortho nitro benzene ring substituents is 1. The first kappa shape index (κ1) is 18.6. The smallest absolute Gasteiger partial charge is 0.299 e. The molecule has 1 aromatic heterocycles. The van der Waals surface area contributed by atoms with Gasteiger partial charge in [0, 0.05) is 30.4 Å². The average molecular weight is 377 g/mol. The van der Waals surface area contributed by atoms with Crippen molar-refractivity contribution in [1.82, 2.24) is 4.98 Å². The van der Waals surface area contributed by atoms with Gasteiger partial charge in [-0.25, -0.2) is 0 Å². The van der Waals surface area contributed by atoms with Gasteiger partial charge in [0.15, 0.2) is 0 Å². The molecule has 1 heterocycles. The molecule has 1 N–H and O–H groups in total. The molecule has 0 bridgehead atoms. The molecule has 0 spiro atoms. The predicted octanol–water partition coefficient (Wildman–Crippen LogP) is 4.70. The van der Waals surface area contributed by atoms with Gasteiger partial charge in [-0.3, -0.25) is 30.2 Å². The number of rotatable bonds is 6. The van der Waals surface area contributed by atoms with Crippen LogP contribution in [-0.2, 0) is 0 Å². The number of nitrogens with zero attached hydrogens (tertiary/aromatic N) is 4. The topological polar surface area (TPSA) is 124 Å². The van der Waals surface area contributed by atoms with Gasteiger partial charge < -0.3 is 5.32 Å². The molecule has 0 aliphatic carbocycles. The van der Waals surface area contributed by atoms with E-state index in [0.29, 0.717) is 11.4 Å². The Kier molecular flexibility index (Phi) is 5.35. The minimum absolute atomic E-state index is 0.156. The third-order valence-corrected chi connectivity index (χ3v) is 3.94. The molecule has 0 aliphatic heterocycles. The molecule has 2 aromatic carbocycles. The Hall–Kier alpha value is -4.14. The quantitative estimate of drug-likeness (QED) is 0.377. The summed E-state index contributed by atoms with van der Waals surface area (Å²) in [6, 6.07) is 12.4. The molecule has 0 saturated carbocycles. The van der Waals surface area contributed by atoms with Crippen molar-refractivity contribution in [2.75, 3.05) is 5.32 Å². The molecule has 0 saturated heterocycles. The number of benzene rings is 2. The lowest BCUT2D eigenvalue weighted by Gasteiger charge is -2.09. The largest absolute Gasteiger partial charge is 0.350 e. The molecule has 0 aliphatic rings. The van der Waals surface area contributed by atoms with Crippen LogP contribution in [0.15, 0.2) is 65.9 Å². The summed E-state index contributed by atoms with van der Waals surface area (Å²) in [4.78, 5) is 29.2. The van der Waals surface area contributed by atoms with E-state index in [1.807, 2.05) is 25.1 Å². The number of hydrogen-bond donors (Lipinski definition) is 1. The lowest BCUT2D eigenvalue weighted by Crippen LogP contribution is -1.99. The summed E-state index contributed by atoms with van der Waals surface area (Å²) < 4.78 is 0. The van der Waals surface area contributed by atoms with Crippen molar-refractivity contribution in [3.05, 3.63) is 92.3 Å². The first-order valence-electron chi connectivity index (χ1n) is 8.18. The molecule has 0 atom stereocenters. The van der Waals surface area contributed by atoms with Crippen molar-refractivity contribution in [3.8, 4) is 0 Å². The van der Waals surface area contributed by atoms with Gasteiger partial charge in [0.2, 0.25) is 0 Å². The van der Waals surface area contributed by atoms with Gasteiger partial charge in [-0.1, -0.05) is 6.07 Å². The van der Waals surface area contributed by atoms with E-state index in [4.69, 9.17) is 0 Å². The Balaban J connectivity index is 1.90. The van der Waals surface area contributed by atoms with E-state index in [1.54, 1.807) is 30.7 Å². The van der Waals surface area contributed by atoms with Crippen LogP contribution in [0.2, 0.25) is 0 Å². The van der Waals surface area contributed by atoms with Crippen LogP contribution in [-0.4, -0.2) is 21.0 Å². The zero-order valence-corrected chi connectivity index (χ0v) is 14.8. The SMILES string of the molecule is Cc1ccc(Nc2ccc([N+](=O)[O-])cc2[N+](=O)[O-])cc1N=Cc1ccncc1. The lowest BCUT2D eigenvalue weighted by atomic mass is 10.1. The van der Waals surface area contributed by atoms with E-state index in [2.05, 4.69) is 15.3 Å². The molecular formula is C19H15N5O4. The van der Waals surface area contributed by atoms with Gasteiger partial charge in [0.1, 0.15) is 5.69 Å². The summed E-state index contributed by atoms with van der Waals surface area (Å²) >= 11 is 0. The predicted molar refractivity (Wildman–Crippen MR) is 106 cm³/mol. The number of pyridine rings is 1. The zero-order chi connectivity index (χ0) is 20.1. The van der Waals surface area contributed by atoms with E-state index >= 15 is 0 Å². The number of aliphatic imine (C=N–C) groups is 1.